The lowest BCUT2D eigenvalue weighted by molar-refractivity contribution is -0.114. The van der Waals surface area contributed by atoms with Crippen LogP contribution < -0.4 is 10.1 Å². The minimum Gasteiger partial charge on any atom is -0.423 e. The van der Waals surface area contributed by atoms with Crippen molar-refractivity contribution in [2.75, 3.05) is 5.32 Å². The molecule has 0 heterocycles. The quantitative estimate of drug-likeness (QED) is 0.533. The number of anilines is 1. The van der Waals surface area contributed by atoms with Crippen LogP contribution in [0.15, 0.2) is 48.5 Å². The number of esters is 1. The Labute approximate surface area is 127 Å². The molecule has 4 nitrogen and oxygen atoms in total. The number of alkyl halides is 1. The van der Waals surface area contributed by atoms with Crippen molar-refractivity contribution in [3.05, 3.63) is 59.7 Å². The molecule has 0 atom stereocenters. The third-order valence-corrected chi connectivity index (χ3v) is 3.03. The van der Waals surface area contributed by atoms with E-state index in [0.29, 0.717) is 22.6 Å². The van der Waals surface area contributed by atoms with Gasteiger partial charge in [0.25, 0.3) is 0 Å². The van der Waals surface area contributed by atoms with Crippen LogP contribution in [0.25, 0.3) is 0 Å². The molecule has 0 aromatic heterocycles. The molecule has 2 rings (SSSR count). The first-order valence-corrected chi connectivity index (χ1v) is 6.87. The van der Waals surface area contributed by atoms with E-state index in [9.17, 15) is 9.59 Å². The average Bonchev–Trinajstić information content (AvgIpc) is 2.47. The number of carbonyl (C=O) groups is 2. The summed E-state index contributed by atoms with van der Waals surface area (Å²) in [7, 11) is 0. The fraction of sp³-hybridized carbons (Fsp3) is 0.125. The van der Waals surface area contributed by atoms with Gasteiger partial charge in [-0.25, -0.2) is 4.79 Å². The van der Waals surface area contributed by atoms with Gasteiger partial charge in [-0.05, 0) is 35.9 Å². The van der Waals surface area contributed by atoms with Crippen molar-refractivity contribution in [1.29, 1.82) is 0 Å². The van der Waals surface area contributed by atoms with E-state index in [0.717, 1.165) is 0 Å². The van der Waals surface area contributed by atoms with Crippen molar-refractivity contribution in [1.82, 2.24) is 0 Å². The molecule has 1 amide bonds. The summed E-state index contributed by atoms with van der Waals surface area (Å²) in [6.45, 7) is 1.41. The molecule has 0 aliphatic rings. The Balaban J connectivity index is 2.22. The van der Waals surface area contributed by atoms with E-state index >= 15 is 0 Å². The van der Waals surface area contributed by atoms with Crippen molar-refractivity contribution in [3.8, 4) is 5.75 Å². The number of carbonyl (C=O) groups excluding carboxylic acids is 2. The second-order valence-corrected chi connectivity index (χ2v) is 4.66. The third kappa shape index (κ3) is 4.07. The van der Waals surface area contributed by atoms with Crippen LogP contribution in [0.4, 0.5) is 5.69 Å². The van der Waals surface area contributed by atoms with E-state index in [1.54, 1.807) is 42.5 Å². The number of para-hydroxylation sites is 1. The fourth-order valence-electron chi connectivity index (χ4n) is 1.83. The predicted molar refractivity (Wildman–Crippen MR) is 81.7 cm³/mol. The zero-order chi connectivity index (χ0) is 15.2. The van der Waals surface area contributed by atoms with Crippen LogP contribution in [0.5, 0.6) is 5.75 Å². The second kappa shape index (κ2) is 6.90. The minimum atomic E-state index is -0.480. The van der Waals surface area contributed by atoms with Gasteiger partial charge in [0.05, 0.1) is 5.56 Å². The minimum absolute atomic E-state index is 0.145. The SMILES string of the molecule is CC(=O)Nc1ccc(C(=O)Oc2ccccc2)c(CCl)c1. The smallest absolute Gasteiger partial charge is 0.343 e. The highest BCUT2D eigenvalue weighted by Crippen LogP contribution is 2.20. The van der Waals surface area contributed by atoms with E-state index in [1.807, 2.05) is 6.07 Å². The highest BCUT2D eigenvalue weighted by Gasteiger charge is 2.14. The van der Waals surface area contributed by atoms with Crippen LogP contribution in [-0.4, -0.2) is 11.9 Å². The molecule has 2 aromatic rings. The van der Waals surface area contributed by atoms with Gasteiger partial charge in [-0.3, -0.25) is 4.79 Å². The van der Waals surface area contributed by atoms with Crippen molar-refractivity contribution < 1.29 is 14.3 Å². The number of benzene rings is 2. The van der Waals surface area contributed by atoms with E-state index < -0.39 is 5.97 Å². The number of ether oxygens (including phenoxy) is 1. The molecule has 21 heavy (non-hydrogen) atoms. The molecular formula is C16H14ClNO3. The molecule has 1 N–H and O–H groups in total. The Bertz CT molecular complexity index is 656. The Morgan fingerprint density at radius 1 is 1.14 bits per heavy atom. The lowest BCUT2D eigenvalue weighted by atomic mass is 10.1. The lowest BCUT2D eigenvalue weighted by Crippen LogP contribution is -2.12. The van der Waals surface area contributed by atoms with Gasteiger partial charge in [-0.15, -0.1) is 11.6 Å². The largest absolute Gasteiger partial charge is 0.423 e. The van der Waals surface area contributed by atoms with Gasteiger partial charge >= 0.3 is 5.97 Å². The summed E-state index contributed by atoms with van der Waals surface area (Å²) in [5.41, 5.74) is 1.57. The van der Waals surface area contributed by atoms with Gasteiger partial charge in [0.1, 0.15) is 5.75 Å². The molecule has 0 aliphatic heterocycles. The molecule has 0 saturated heterocycles. The number of halogens is 1. The van der Waals surface area contributed by atoms with Gasteiger partial charge in [0.15, 0.2) is 0 Å². The van der Waals surface area contributed by atoms with E-state index in [1.165, 1.54) is 6.92 Å². The summed E-state index contributed by atoms with van der Waals surface area (Å²) in [5, 5.41) is 2.65. The second-order valence-electron chi connectivity index (χ2n) is 4.39. The molecular weight excluding hydrogens is 290 g/mol. The van der Waals surface area contributed by atoms with E-state index in [4.69, 9.17) is 16.3 Å². The number of hydrogen-bond donors (Lipinski definition) is 1. The van der Waals surface area contributed by atoms with Gasteiger partial charge in [0, 0.05) is 18.5 Å². The van der Waals surface area contributed by atoms with Crippen molar-refractivity contribution in [3.63, 3.8) is 0 Å². The average molecular weight is 304 g/mol. The van der Waals surface area contributed by atoms with Crippen LogP contribution >= 0.6 is 11.6 Å². The van der Waals surface area contributed by atoms with Crippen LogP contribution in [-0.2, 0) is 10.7 Å². The molecule has 0 saturated carbocycles. The Morgan fingerprint density at radius 3 is 2.48 bits per heavy atom. The molecule has 0 unspecified atom stereocenters. The summed E-state index contributed by atoms with van der Waals surface area (Å²) < 4.78 is 5.28. The Morgan fingerprint density at radius 2 is 1.86 bits per heavy atom. The Kier molecular flexibility index (Phi) is 4.95. The molecule has 5 heteroatoms. The topological polar surface area (TPSA) is 55.4 Å². The van der Waals surface area contributed by atoms with Crippen LogP contribution in [0, 0.1) is 0 Å². The number of hydrogen-bond acceptors (Lipinski definition) is 3. The lowest BCUT2D eigenvalue weighted by Gasteiger charge is -2.10. The number of amides is 1. The van der Waals surface area contributed by atoms with Crippen LogP contribution in [0.1, 0.15) is 22.8 Å². The van der Waals surface area contributed by atoms with Gasteiger partial charge in [0.2, 0.25) is 5.91 Å². The highest BCUT2D eigenvalue weighted by molar-refractivity contribution is 6.17. The maximum Gasteiger partial charge on any atom is 0.343 e. The molecule has 0 radical (unpaired) electrons. The first kappa shape index (κ1) is 15.1. The molecule has 2 aromatic carbocycles. The summed E-state index contributed by atoms with van der Waals surface area (Å²) in [5.74, 6) is -0.0533. The number of nitrogens with one attached hydrogen (secondary N) is 1. The monoisotopic (exact) mass is 303 g/mol. The summed E-state index contributed by atoms with van der Waals surface area (Å²) in [6, 6.07) is 13.7. The van der Waals surface area contributed by atoms with Gasteiger partial charge < -0.3 is 10.1 Å². The zero-order valence-electron chi connectivity index (χ0n) is 11.4. The third-order valence-electron chi connectivity index (χ3n) is 2.74. The van der Waals surface area contributed by atoms with Gasteiger partial charge in [-0.2, -0.15) is 0 Å². The zero-order valence-corrected chi connectivity index (χ0v) is 12.2. The first-order chi connectivity index (χ1) is 10.1. The van der Waals surface area contributed by atoms with E-state index in [-0.39, 0.29) is 11.8 Å². The van der Waals surface area contributed by atoms with Gasteiger partial charge in [-0.1, -0.05) is 18.2 Å². The number of rotatable bonds is 4. The summed E-state index contributed by atoms with van der Waals surface area (Å²) >= 11 is 5.87. The normalized spacial score (nSPS) is 10.0. The molecule has 0 aliphatic carbocycles. The molecule has 0 fully saturated rings. The van der Waals surface area contributed by atoms with Crippen molar-refractivity contribution in [2.45, 2.75) is 12.8 Å². The van der Waals surface area contributed by atoms with Crippen molar-refractivity contribution in [2.24, 2.45) is 0 Å². The van der Waals surface area contributed by atoms with Crippen LogP contribution in [0.3, 0.4) is 0 Å². The van der Waals surface area contributed by atoms with Crippen molar-refractivity contribution >= 4 is 29.2 Å². The standard InChI is InChI=1S/C16H14ClNO3/c1-11(19)18-13-7-8-15(12(9-13)10-17)16(20)21-14-5-3-2-4-6-14/h2-9H,10H2,1H3,(H,18,19). The Hall–Kier alpha value is -2.33. The first-order valence-electron chi connectivity index (χ1n) is 6.34. The summed E-state index contributed by atoms with van der Waals surface area (Å²) in [6.07, 6.45) is 0. The molecule has 0 bridgehead atoms. The van der Waals surface area contributed by atoms with Crippen LogP contribution in [0.2, 0.25) is 0 Å². The summed E-state index contributed by atoms with van der Waals surface area (Å²) in [4.78, 5) is 23.2. The highest BCUT2D eigenvalue weighted by atomic mass is 35.5. The predicted octanol–water partition coefficient (Wildman–Crippen LogP) is 3.60. The molecule has 0 spiro atoms. The maximum atomic E-state index is 12.2. The molecule has 108 valence electrons. The maximum absolute atomic E-state index is 12.2. The fourth-order valence-corrected chi connectivity index (χ4v) is 2.06. The van der Waals surface area contributed by atoms with E-state index in [2.05, 4.69) is 5.32 Å².